The Hall–Kier alpha value is -3.26. The van der Waals surface area contributed by atoms with Crippen molar-refractivity contribution in [3.05, 3.63) is 59.1 Å². The highest BCUT2D eigenvalue weighted by molar-refractivity contribution is 7.16. The van der Waals surface area contributed by atoms with Crippen LogP contribution in [0.3, 0.4) is 0 Å². The SMILES string of the molecule is O=C(Nc1nnc(/C=C/c2ccco2)s1)c1n[nH]c2ccccc12. The zero-order valence-corrected chi connectivity index (χ0v) is 13.1. The van der Waals surface area contributed by atoms with Crippen LogP contribution in [0.2, 0.25) is 0 Å². The van der Waals surface area contributed by atoms with Crippen LogP contribution >= 0.6 is 11.3 Å². The summed E-state index contributed by atoms with van der Waals surface area (Å²) < 4.78 is 5.20. The number of aromatic amines is 1. The Kier molecular flexibility index (Phi) is 3.64. The van der Waals surface area contributed by atoms with Crippen LogP contribution in [-0.2, 0) is 0 Å². The zero-order valence-electron chi connectivity index (χ0n) is 12.3. The summed E-state index contributed by atoms with van der Waals surface area (Å²) in [5, 5.41) is 19.4. The number of carbonyl (C=O) groups excluding carboxylic acids is 1. The molecule has 0 aliphatic heterocycles. The van der Waals surface area contributed by atoms with Crippen molar-refractivity contribution in [2.24, 2.45) is 0 Å². The lowest BCUT2D eigenvalue weighted by Crippen LogP contribution is -2.12. The van der Waals surface area contributed by atoms with E-state index < -0.39 is 0 Å². The molecule has 4 rings (SSSR count). The summed E-state index contributed by atoms with van der Waals surface area (Å²) in [4.78, 5) is 12.4. The van der Waals surface area contributed by atoms with Gasteiger partial charge >= 0.3 is 0 Å². The summed E-state index contributed by atoms with van der Waals surface area (Å²) in [6.07, 6.45) is 5.16. The number of hydrogen-bond acceptors (Lipinski definition) is 6. The molecule has 0 saturated carbocycles. The highest BCUT2D eigenvalue weighted by Crippen LogP contribution is 2.20. The van der Waals surface area contributed by atoms with E-state index in [0.29, 0.717) is 15.8 Å². The summed E-state index contributed by atoms with van der Waals surface area (Å²) in [5.41, 5.74) is 1.13. The maximum Gasteiger partial charge on any atom is 0.278 e. The largest absolute Gasteiger partial charge is 0.465 e. The number of H-pyrrole nitrogens is 1. The van der Waals surface area contributed by atoms with Crippen LogP contribution in [0.4, 0.5) is 5.13 Å². The molecule has 118 valence electrons. The first-order chi connectivity index (χ1) is 11.8. The first kappa shape index (κ1) is 14.3. The topological polar surface area (TPSA) is 96.7 Å². The van der Waals surface area contributed by atoms with Crippen molar-refractivity contribution in [2.45, 2.75) is 0 Å². The molecule has 4 aromatic rings. The van der Waals surface area contributed by atoms with Crippen molar-refractivity contribution in [1.29, 1.82) is 0 Å². The molecule has 0 atom stereocenters. The van der Waals surface area contributed by atoms with Gasteiger partial charge in [0.2, 0.25) is 5.13 Å². The number of fused-ring (bicyclic) bond motifs is 1. The van der Waals surface area contributed by atoms with Crippen LogP contribution in [0.5, 0.6) is 0 Å². The Morgan fingerprint density at radius 3 is 2.96 bits per heavy atom. The van der Waals surface area contributed by atoms with Crippen LogP contribution in [0.1, 0.15) is 21.3 Å². The Bertz CT molecular complexity index is 1020. The van der Waals surface area contributed by atoms with E-state index >= 15 is 0 Å². The average molecular weight is 337 g/mol. The van der Waals surface area contributed by atoms with E-state index in [4.69, 9.17) is 4.42 Å². The van der Waals surface area contributed by atoms with Crippen molar-refractivity contribution in [3.8, 4) is 0 Å². The van der Waals surface area contributed by atoms with E-state index in [1.165, 1.54) is 11.3 Å². The molecule has 7 nitrogen and oxygen atoms in total. The minimum absolute atomic E-state index is 0.327. The van der Waals surface area contributed by atoms with Crippen molar-refractivity contribution >= 4 is 45.4 Å². The zero-order chi connectivity index (χ0) is 16.4. The van der Waals surface area contributed by atoms with Gasteiger partial charge in [0, 0.05) is 5.39 Å². The minimum atomic E-state index is -0.329. The molecule has 0 spiro atoms. The van der Waals surface area contributed by atoms with Gasteiger partial charge in [0.25, 0.3) is 5.91 Å². The Balaban J connectivity index is 1.50. The summed E-state index contributed by atoms with van der Waals surface area (Å²) in [7, 11) is 0. The quantitative estimate of drug-likeness (QED) is 0.594. The molecule has 0 fully saturated rings. The van der Waals surface area contributed by atoms with Gasteiger partial charge < -0.3 is 4.42 Å². The molecule has 3 heterocycles. The molecule has 0 aliphatic rings. The molecule has 0 aliphatic carbocycles. The fourth-order valence-corrected chi connectivity index (χ4v) is 2.83. The molecular formula is C16H11N5O2S. The van der Waals surface area contributed by atoms with Crippen LogP contribution in [0.15, 0.2) is 47.1 Å². The molecule has 0 bridgehead atoms. The number of benzene rings is 1. The summed E-state index contributed by atoms with van der Waals surface area (Å²) in [6, 6.07) is 11.1. The molecule has 2 N–H and O–H groups in total. The van der Waals surface area contributed by atoms with E-state index in [-0.39, 0.29) is 5.91 Å². The second kappa shape index (κ2) is 6.09. The number of para-hydroxylation sites is 1. The van der Waals surface area contributed by atoms with Gasteiger partial charge in [-0.15, -0.1) is 10.2 Å². The molecule has 0 radical (unpaired) electrons. The third-order valence-corrected chi connectivity index (χ3v) is 4.08. The molecule has 1 amide bonds. The maximum atomic E-state index is 12.4. The number of nitrogens with one attached hydrogen (secondary N) is 2. The van der Waals surface area contributed by atoms with Crippen LogP contribution < -0.4 is 5.32 Å². The van der Waals surface area contributed by atoms with Crippen molar-refractivity contribution in [2.75, 3.05) is 5.32 Å². The molecule has 0 saturated heterocycles. The number of amides is 1. The normalized spacial score (nSPS) is 11.3. The van der Waals surface area contributed by atoms with Crippen LogP contribution in [-0.4, -0.2) is 26.3 Å². The maximum absolute atomic E-state index is 12.4. The van der Waals surface area contributed by atoms with Gasteiger partial charge in [0.1, 0.15) is 10.8 Å². The molecule has 8 heteroatoms. The highest BCUT2D eigenvalue weighted by Gasteiger charge is 2.15. The Morgan fingerprint density at radius 2 is 2.08 bits per heavy atom. The number of rotatable bonds is 4. The Labute approximate surface area is 140 Å². The lowest BCUT2D eigenvalue weighted by molar-refractivity contribution is 0.102. The van der Waals surface area contributed by atoms with E-state index in [1.807, 2.05) is 30.3 Å². The minimum Gasteiger partial charge on any atom is -0.465 e. The highest BCUT2D eigenvalue weighted by atomic mass is 32.1. The van der Waals surface area contributed by atoms with Gasteiger partial charge in [-0.1, -0.05) is 29.5 Å². The first-order valence-corrected chi connectivity index (χ1v) is 7.91. The standard InChI is InChI=1S/C16H11N5O2S/c22-15(14-11-5-1-2-6-12(11)18-20-14)17-16-21-19-13(24-16)8-7-10-4-3-9-23-10/h1-9H,(H,18,20)(H,17,21,22)/b8-7+. The third kappa shape index (κ3) is 2.82. The monoisotopic (exact) mass is 337 g/mol. The summed E-state index contributed by atoms with van der Waals surface area (Å²) >= 11 is 1.27. The Morgan fingerprint density at radius 1 is 1.17 bits per heavy atom. The number of furan rings is 1. The number of anilines is 1. The summed E-state index contributed by atoms with van der Waals surface area (Å²) in [6.45, 7) is 0. The van der Waals surface area contributed by atoms with Gasteiger partial charge in [-0.2, -0.15) is 5.10 Å². The molecule has 0 unspecified atom stereocenters. The van der Waals surface area contributed by atoms with Crippen LogP contribution in [0.25, 0.3) is 23.1 Å². The van der Waals surface area contributed by atoms with Gasteiger partial charge in [-0.05, 0) is 30.4 Å². The lowest BCUT2D eigenvalue weighted by atomic mass is 10.2. The molecule has 24 heavy (non-hydrogen) atoms. The second-order valence-electron chi connectivity index (χ2n) is 4.87. The number of carbonyl (C=O) groups is 1. The van der Waals surface area contributed by atoms with Crippen LogP contribution in [0, 0.1) is 0 Å². The predicted molar refractivity (Wildman–Crippen MR) is 91.6 cm³/mol. The fraction of sp³-hybridized carbons (Fsp3) is 0. The van der Waals surface area contributed by atoms with Gasteiger partial charge in [0.05, 0.1) is 11.8 Å². The number of hydrogen-bond donors (Lipinski definition) is 2. The average Bonchev–Trinajstić information content (AvgIpc) is 3.33. The number of aromatic nitrogens is 4. The van der Waals surface area contributed by atoms with Gasteiger partial charge in [0.15, 0.2) is 5.69 Å². The fourth-order valence-electron chi connectivity index (χ4n) is 2.18. The second-order valence-corrected chi connectivity index (χ2v) is 5.88. The number of nitrogens with zero attached hydrogens (tertiary/aromatic N) is 3. The predicted octanol–water partition coefficient (Wildman–Crippen LogP) is 3.43. The molecular weight excluding hydrogens is 326 g/mol. The van der Waals surface area contributed by atoms with E-state index in [0.717, 1.165) is 16.7 Å². The van der Waals surface area contributed by atoms with Crippen molar-refractivity contribution < 1.29 is 9.21 Å². The molecule has 3 aromatic heterocycles. The lowest BCUT2D eigenvalue weighted by Gasteiger charge is -1.97. The van der Waals surface area contributed by atoms with E-state index in [9.17, 15) is 4.79 Å². The van der Waals surface area contributed by atoms with Crippen molar-refractivity contribution in [1.82, 2.24) is 20.4 Å². The summed E-state index contributed by atoms with van der Waals surface area (Å²) in [5.74, 6) is 0.393. The first-order valence-electron chi connectivity index (χ1n) is 7.09. The van der Waals surface area contributed by atoms with E-state index in [1.54, 1.807) is 24.5 Å². The van der Waals surface area contributed by atoms with E-state index in [2.05, 4.69) is 25.7 Å². The van der Waals surface area contributed by atoms with Crippen molar-refractivity contribution in [3.63, 3.8) is 0 Å². The van der Waals surface area contributed by atoms with Gasteiger partial charge in [-0.3, -0.25) is 15.2 Å². The smallest absolute Gasteiger partial charge is 0.278 e. The third-order valence-electron chi connectivity index (χ3n) is 3.28. The van der Waals surface area contributed by atoms with Gasteiger partial charge in [-0.25, -0.2) is 0 Å². The molecule has 1 aromatic carbocycles.